The maximum atomic E-state index is 12.7. The Bertz CT molecular complexity index is 658. The van der Waals surface area contributed by atoms with Gasteiger partial charge in [0, 0.05) is 0 Å². The second kappa shape index (κ2) is 10.7. The molecule has 12 heteroatoms. The van der Waals surface area contributed by atoms with E-state index in [0.717, 1.165) is 0 Å². The second-order valence-corrected chi connectivity index (χ2v) is 5.31. The SMILES string of the molecule is C=CCCC([O-])C(=O)NNC(=O)c1nc(Br)c(C(F)(F)F)cc1N.[Rb+]. The van der Waals surface area contributed by atoms with Crippen LogP contribution in [0.15, 0.2) is 23.3 Å². The molecule has 0 aliphatic carbocycles. The number of anilines is 1. The van der Waals surface area contributed by atoms with E-state index in [1.165, 1.54) is 6.08 Å². The van der Waals surface area contributed by atoms with Crippen LogP contribution >= 0.6 is 15.9 Å². The molecule has 1 aromatic heterocycles. The summed E-state index contributed by atoms with van der Waals surface area (Å²) in [5.41, 5.74) is 6.90. The van der Waals surface area contributed by atoms with E-state index in [2.05, 4.69) is 27.5 Å². The van der Waals surface area contributed by atoms with Crippen LogP contribution in [0.25, 0.3) is 0 Å². The third-order valence-electron chi connectivity index (χ3n) is 2.75. The average molecular weight is 496 g/mol. The van der Waals surface area contributed by atoms with Crippen molar-refractivity contribution in [1.29, 1.82) is 0 Å². The Morgan fingerprint density at radius 1 is 1.44 bits per heavy atom. The van der Waals surface area contributed by atoms with E-state index in [-0.39, 0.29) is 64.6 Å². The summed E-state index contributed by atoms with van der Waals surface area (Å²) in [7, 11) is 0. The molecule has 7 nitrogen and oxygen atoms in total. The van der Waals surface area contributed by atoms with E-state index in [1.54, 1.807) is 0 Å². The summed E-state index contributed by atoms with van der Waals surface area (Å²) >= 11 is 2.60. The van der Waals surface area contributed by atoms with Crippen LogP contribution in [0.1, 0.15) is 28.9 Å². The molecule has 0 spiro atoms. The van der Waals surface area contributed by atoms with Crippen molar-refractivity contribution < 1.29 is 86.1 Å². The first-order valence-corrected chi connectivity index (χ1v) is 7.27. The van der Waals surface area contributed by atoms with Gasteiger partial charge in [-0.2, -0.15) is 13.2 Å². The van der Waals surface area contributed by atoms with Crippen LogP contribution in [0.5, 0.6) is 0 Å². The van der Waals surface area contributed by atoms with Crippen LogP contribution in [0.4, 0.5) is 18.9 Å². The average Bonchev–Trinajstić information content (AvgIpc) is 2.50. The number of hydrazine groups is 1. The number of nitrogens with one attached hydrogen (secondary N) is 2. The summed E-state index contributed by atoms with van der Waals surface area (Å²) in [4.78, 5) is 26.7. The Balaban J connectivity index is 0.00000576. The molecule has 0 bridgehead atoms. The molecule has 4 N–H and O–H groups in total. The van der Waals surface area contributed by atoms with Crippen molar-refractivity contribution in [2.45, 2.75) is 25.1 Å². The summed E-state index contributed by atoms with van der Waals surface area (Å²) in [6.45, 7) is 3.40. The van der Waals surface area contributed by atoms with Crippen LogP contribution in [-0.4, -0.2) is 22.9 Å². The minimum atomic E-state index is -4.70. The number of allylic oxidation sites excluding steroid dienone is 1. The Hall–Kier alpha value is -0.335. The number of aromatic nitrogens is 1. The normalized spacial score (nSPS) is 11.9. The predicted molar refractivity (Wildman–Crippen MR) is 80.2 cm³/mol. The van der Waals surface area contributed by atoms with E-state index in [4.69, 9.17) is 5.73 Å². The van der Waals surface area contributed by atoms with Crippen LogP contribution in [0.3, 0.4) is 0 Å². The molecule has 1 rings (SSSR count). The minimum absolute atomic E-state index is 0. The summed E-state index contributed by atoms with van der Waals surface area (Å²) in [6.07, 6.45) is -4.58. The van der Waals surface area contributed by atoms with Crippen molar-refractivity contribution in [3.05, 3.63) is 34.6 Å². The number of rotatable bonds is 5. The van der Waals surface area contributed by atoms with Gasteiger partial charge < -0.3 is 10.8 Å². The van der Waals surface area contributed by atoms with E-state index in [1.807, 2.05) is 10.9 Å². The second-order valence-electron chi connectivity index (χ2n) is 4.56. The van der Waals surface area contributed by atoms with Crippen molar-refractivity contribution in [3.8, 4) is 0 Å². The number of nitrogens with zero attached hydrogens (tertiary/aromatic N) is 1. The molecule has 1 unspecified atom stereocenters. The molecule has 132 valence electrons. The number of nitrogens with two attached hydrogens (primary N) is 1. The number of carbonyl (C=O) groups is 2. The number of hydrogen-bond acceptors (Lipinski definition) is 5. The Labute approximate surface area is 198 Å². The van der Waals surface area contributed by atoms with Crippen molar-refractivity contribution in [3.63, 3.8) is 0 Å². The van der Waals surface area contributed by atoms with Gasteiger partial charge in [-0.25, -0.2) is 4.98 Å². The fourth-order valence-corrected chi connectivity index (χ4v) is 2.06. The van der Waals surface area contributed by atoms with Gasteiger partial charge in [0.2, 0.25) is 5.91 Å². The third kappa shape index (κ3) is 7.43. The number of carbonyl (C=O) groups excluding carboxylic acids is 2. The van der Waals surface area contributed by atoms with Gasteiger partial charge in [-0.1, -0.05) is 12.5 Å². The number of alkyl halides is 3. The van der Waals surface area contributed by atoms with Gasteiger partial charge in [0.15, 0.2) is 5.69 Å². The zero-order chi connectivity index (χ0) is 18.5. The largest absolute Gasteiger partial charge is 1.00 e. The zero-order valence-electron chi connectivity index (χ0n) is 13.1. The minimum Gasteiger partial charge on any atom is -0.845 e. The number of nitrogen functional groups attached to an aromatic ring is 1. The van der Waals surface area contributed by atoms with Gasteiger partial charge in [-0.15, -0.1) is 6.58 Å². The summed E-state index contributed by atoms with van der Waals surface area (Å²) in [6, 6.07) is 0.536. The molecule has 0 aliphatic heterocycles. The molecule has 0 saturated carbocycles. The van der Waals surface area contributed by atoms with Crippen molar-refractivity contribution in [1.82, 2.24) is 15.8 Å². The summed E-state index contributed by atoms with van der Waals surface area (Å²) in [5, 5.41) is 11.4. The molecule has 2 amide bonds. The number of halogens is 4. The molecule has 1 atom stereocenters. The molecular formula is C13H13BrF3N4O3Rb. The monoisotopic (exact) mass is 494 g/mol. The van der Waals surface area contributed by atoms with Gasteiger partial charge in [0.25, 0.3) is 5.91 Å². The maximum Gasteiger partial charge on any atom is 1.00 e. The molecule has 1 aromatic rings. The predicted octanol–water partition coefficient (Wildman–Crippen LogP) is -2.09. The summed E-state index contributed by atoms with van der Waals surface area (Å²) < 4.78 is 37.4. The molecular weight excluding hydrogens is 483 g/mol. The number of hydrogen-bond donors (Lipinski definition) is 3. The third-order valence-corrected chi connectivity index (χ3v) is 3.36. The van der Waals surface area contributed by atoms with E-state index < -0.39 is 45.6 Å². The summed E-state index contributed by atoms with van der Waals surface area (Å²) in [5.74, 6) is -2.07. The topological polar surface area (TPSA) is 120 Å². The van der Waals surface area contributed by atoms with E-state index in [9.17, 15) is 27.9 Å². The fraction of sp³-hybridized carbons (Fsp3) is 0.308. The smallest absolute Gasteiger partial charge is 0.845 e. The van der Waals surface area contributed by atoms with Gasteiger partial charge in [-0.05, 0) is 34.5 Å². The van der Waals surface area contributed by atoms with Gasteiger partial charge in [-0.3, -0.25) is 20.4 Å². The zero-order valence-corrected chi connectivity index (χ0v) is 19.6. The van der Waals surface area contributed by atoms with E-state index in [0.29, 0.717) is 12.5 Å². The first kappa shape index (κ1) is 24.7. The van der Waals surface area contributed by atoms with Crippen LogP contribution < -0.4 is 79.9 Å². The van der Waals surface area contributed by atoms with Crippen molar-refractivity contribution in [2.75, 3.05) is 5.73 Å². The Morgan fingerprint density at radius 2 is 2.04 bits per heavy atom. The maximum absolute atomic E-state index is 12.7. The molecule has 25 heavy (non-hydrogen) atoms. The first-order chi connectivity index (χ1) is 11.1. The van der Waals surface area contributed by atoms with Gasteiger partial charge in [0.05, 0.1) is 11.3 Å². The van der Waals surface area contributed by atoms with E-state index >= 15 is 0 Å². The van der Waals surface area contributed by atoms with Crippen LogP contribution in [0, 0.1) is 0 Å². The quantitative estimate of drug-likeness (QED) is 0.246. The van der Waals surface area contributed by atoms with Gasteiger partial charge in [0.1, 0.15) is 4.60 Å². The number of amides is 2. The number of pyridine rings is 1. The fourth-order valence-electron chi connectivity index (χ4n) is 1.55. The van der Waals surface area contributed by atoms with Gasteiger partial charge >= 0.3 is 64.4 Å². The Morgan fingerprint density at radius 3 is 2.56 bits per heavy atom. The molecule has 1 heterocycles. The molecule has 0 radical (unpaired) electrons. The Kier molecular flexibility index (Phi) is 10.6. The molecule has 0 fully saturated rings. The van der Waals surface area contributed by atoms with Crippen LogP contribution in [-0.2, 0) is 11.0 Å². The molecule has 0 saturated heterocycles. The standard InChI is InChI=1S/C13H13BrF3N4O3.Rb/c1-2-3-4-8(22)11(23)20-21-12(24)9-7(18)5-6(10(14)19-9)13(15,16)17;/h2,5,8H,1,3-4,18H2,(H,20,23)(H,21,24);/q-1;+1. The van der Waals surface area contributed by atoms with Crippen molar-refractivity contribution in [2.24, 2.45) is 0 Å². The molecule has 0 aliphatic rings. The molecule has 0 aromatic carbocycles. The first-order valence-electron chi connectivity index (χ1n) is 6.48. The van der Waals surface area contributed by atoms with Crippen LogP contribution in [0.2, 0.25) is 0 Å². The van der Waals surface area contributed by atoms with Crippen molar-refractivity contribution >= 4 is 33.4 Å².